The smallest absolute Gasteiger partial charge is 0.275 e. The Balaban J connectivity index is 1.70. The van der Waals surface area contributed by atoms with Crippen molar-refractivity contribution in [1.82, 2.24) is 14.8 Å². The van der Waals surface area contributed by atoms with Crippen LogP contribution in [0.4, 0.5) is 5.82 Å². The number of nitrogens with one attached hydrogen (secondary N) is 1. The van der Waals surface area contributed by atoms with Gasteiger partial charge in [-0.15, -0.1) is 0 Å². The van der Waals surface area contributed by atoms with Crippen molar-refractivity contribution in [3.8, 4) is 11.3 Å². The molecule has 28 heavy (non-hydrogen) atoms. The molecule has 0 aliphatic carbocycles. The van der Waals surface area contributed by atoms with Crippen molar-refractivity contribution in [2.24, 2.45) is 0 Å². The van der Waals surface area contributed by atoms with Gasteiger partial charge in [-0.2, -0.15) is 5.10 Å². The lowest BCUT2D eigenvalue weighted by atomic mass is 10.1. The molecule has 9 heteroatoms. The molecule has 0 spiro atoms. The number of nitrogens with zero attached hydrogens (tertiary/aromatic N) is 3. The van der Waals surface area contributed by atoms with Gasteiger partial charge < -0.3 is 5.32 Å². The van der Waals surface area contributed by atoms with E-state index in [0.717, 1.165) is 5.56 Å². The second kappa shape index (κ2) is 7.37. The van der Waals surface area contributed by atoms with Crippen molar-refractivity contribution in [3.63, 3.8) is 0 Å². The standard InChI is InChI=1S/C19H17ClN4O3S/c20-17-8-4-7-15(21-17)19(25)22-18-11-16(13-5-2-1-3-6-13)23-24(18)14-9-10-28(26,27)12-14/h1-8,11,14H,9-10,12H2,(H,22,25)/t14-/m1/s1. The van der Waals surface area contributed by atoms with Gasteiger partial charge >= 0.3 is 0 Å². The maximum Gasteiger partial charge on any atom is 0.275 e. The Morgan fingerprint density at radius 1 is 1.14 bits per heavy atom. The molecule has 3 aromatic rings. The molecule has 1 amide bonds. The molecule has 0 bridgehead atoms. The molecule has 1 saturated heterocycles. The van der Waals surface area contributed by atoms with Gasteiger partial charge in [-0.05, 0) is 18.6 Å². The number of pyridine rings is 1. The average molecular weight is 417 g/mol. The van der Waals surface area contributed by atoms with Gasteiger partial charge in [-0.3, -0.25) is 4.79 Å². The summed E-state index contributed by atoms with van der Waals surface area (Å²) in [6.45, 7) is 0. The number of hydrogen-bond donors (Lipinski definition) is 1. The zero-order valence-corrected chi connectivity index (χ0v) is 16.3. The monoisotopic (exact) mass is 416 g/mol. The zero-order valence-electron chi connectivity index (χ0n) is 14.7. The highest BCUT2D eigenvalue weighted by Gasteiger charge is 2.32. The van der Waals surface area contributed by atoms with E-state index >= 15 is 0 Å². The van der Waals surface area contributed by atoms with E-state index in [9.17, 15) is 13.2 Å². The number of hydrogen-bond acceptors (Lipinski definition) is 5. The van der Waals surface area contributed by atoms with Gasteiger partial charge in [0.2, 0.25) is 0 Å². The van der Waals surface area contributed by atoms with Crippen LogP contribution in [0, 0.1) is 0 Å². The van der Waals surface area contributed by atoms with Crippen LogP contribution in [-0.4, -0.2) is 40.6 Å². The second-order valence-corrected chi connectivity index (χ2v) is 9.20. The molecule has 1 atom stereocenters. The predicted molar refractivity (Wildman–Crippen MR) is 107 cm³/mol. The molecule has 144 valence electrons. The molecule has 4 rings (SSSR count). The van der Waals surface area contributed by atoms with E-state index < -0.39 is 15.7 Å². The number of anilines is 1. The lowest BCUT2D eigenvalue weighted by Crippen LogP contribution is -2.20. The Labute approximate surface area is 167 Å². The van der Waals surface area contributed by atoms with Crippen LogP contribution in [0.5, 0.6) is 0 Å². The summed E-state index contributed by atoms with van der Waals surface area (Å²) in [6.07, 6.45) is 0.455. The van der Waals surface area contributed by atoms with Crippen LogP contribution in [0.15, 0.2) is 54.6 Å². The second-order valence-electron chi connectivity index (χ2n) is 6.58. The van der Waals surface area contributed by atoms with Crippen LogP contribution in [0.25, 0.3) is 11.3 Å². The number of carbonyl (C=O) groups excluding carboxylic acids is 1. The number of halogens is 1. The summed E-state index contributed by atoms with van der Waals surface area (Å²) in [5, 5.41) is 7.59. The van der Waals surface area contributed by atoms with Crippen molar-refractivity contribution in [2.45, 2.75) is 12.5 Å². The average Bonchev–Trinajstić information content (AvgIpc) is 3.25. The minimum atomic E-state index is -3.11. The normalized spacial score (nSPS) is 18.1. The third-order valence-electron chi connectivity index (χ3n) is 4.55. The SMILES string of the molecule is O=C(Nc1cc(-c2ccccc2)nn1[C@@H]1CCS(=O)(=O)C1)c1cccc(Cl)n1. The maximum atomic E-state index is 12.6. The molecule has 0 unspecified atom stereocenters. The highest BCUT2D eigenvalue weighted by Crippen LogP contribution is 2.30. The van der Waals surface area contributed by atoms with Crippen LogP contribution in [0.1, 0.15) is 23.0 Å². The first-order valence-electron chi connectivity index (χ1n) is 8.70. The van der Waals surface area contributed by atoms with Crippen LogP contribution < -0.4 is 5.32 Å². The van der Waals surface area contributed by atoms with Crippen LogP contribution in [-0.2, 0) is 9.84 Å². The summed E-state index contributed by atoms with van der Waals surface area (Å²) in [5.74, 6) is 0.0969. The molecular formula is C19H17ClN4O3S. The van der Waals surface area contributed by atoms with Crippen molar-refractivity contribution < 1.29 is 13.2 Å². The topological polar surface area (TPSA) is 94.0 Å². The maximum absolute atomic E-state index is 12.6. The van der Waals surface area contributed by atoms with E-state index in [4.69, 9.17) is 11.6 Å². The number of sulfone groups is 1. The van der Waals surface area contributed by atoms with Gasteiger partial charge in [0.15, 0.2) is 9.84 Å². The van der Waals surface area contributed by atoms with E-state index in [2.05, 4.69) is 15.4 Å². The van der Waals surface area contributed by atoms with Gasteiger partial charge in [-0.25, -0.2) is 18.1 Å². The summed E-state index contributed by atoms with van der Waals surface area (Å²) in [7, 11) is -3.11. The molecular weight excluding hydrogens is 400 g/mol. The first-order valence-corrected chi connectivity index (χ1v) is 10.9. The van der Waals surface area contributed by atoms with Gasteiger partial charge in [0.25, 0.3) is 5.91 Å². The Morgan fingerprint density at radius 2 is 1.93 bits per heavy atom. The molecule has 1 aliphatic rings. The van der Waals surface area contributed by atoms with Gasteiger partial charge in [0.1, 0.15) is 16.7 Å². The molecule has 2 aromatic heterocycles. The summed E-state index contributed by atoms with van der Waals surface area (Å²) >= 11 is 5.87. The molecule has 1 aliphatic heterocycles. The van der Waals surface area contributed by atoms with Crippen molar-refractivity contribution >= 4 is 33.2 Å². The van der Waals surface area contributed by atoms with E-state index in [1.807, 2.05) is 30.3 Å². The van der Waals surface area contributed by atoms with E-state index in [0.29, 0.717) is 17.9 Å². The minimum absolute atomic E-state index is 0.00119. The van der Waals surface area contributed by atoms with Crippen molar-refractivity contribution in [3.05, 3.63) is 65.4 Å². The lowest BCUT2D eigenvalue weighted by molar-refractivity contribution is 0.102. The van der Waals surface area contributed by atoms with Crippen molar-refractivity contribution in [2.75, 3.05) is 16.8 Å². The highest BCUT2D eigenvalue weighted by atomic mass is 35.5. The molecule has 3 heterocycles. The fourth-order valence-corrected chi connectivity index (χ4v) is 5.06. The largest absolute Gasteiger partial charge is 0.305 e. The predicted octanol–water partition coefficient (Wildman–Crippen LogP) is 3.21. The highest BCUT2D eigenvalue weighted by molar-refractivity contribution is 7.91. The van der Waals surface area contributed by atoms with Gasteiger partial charge in [-0.1, -0.05) is 48.0 Å². The third-order valence-corrected chi connectivity index (χ3v) is 6.51. The minimum Gasteiger partial charge on any atom is -0.305 e. The van der Waals surface area contributed by atoms with Crippen LogP contribution in [0.3, 0.4) is 0 Å². The fraction of sp³-hybridized carbons (Fsp3) is 0.211. The number of rotatable bonds is 4. The van der Waals surface area contributed by atoms with Crippen molar-refractivity contribution in [1.29, 1.82) is 0 Å². The molecule has 0 saturated carbocycles. The Morgan fingerprint density at radius 3 is 2.61 bits per heavy atom. The Kier molecular flexibility index (Phi) is 4.91. The van der Waals surface area contributed by atoms with E-state index in [1.54, 1.807) is 28.9 Å². The summed E-state index contributed by atoms with van der Waals surface area (Å²) in [4.78, 5) is 16.6. The number of carbonyl (C=O) groups is 1. The molecule has 1 N–H and O–H groups in total. The van der Waals surface area contributed by atoms with Gasteiger partial charge in [0, 0.05) is 11.6 Å². The number of amides is 1. The lowest BCUT2D eigenvalue weighted by Gasteiger charge is -2.13. The number of benzene rings is 1. The third kappa shape index (κ3) is 3.93. The molecule has 7 nitrogen and oxygen atoms in total. The van der Waals surface area contributed by atoms with Crippen LogP contribution >= 0.6 is 11.6 Å². The quantitative estimate of drug-likeness (QED) is 0.659. The molecule has 0 radical (unpaired) electrons. The van der Waals surface area contributed by atoms with E-state index in [-0.39, 0.29) is 28.4 Å². The Hall–Kier alpha value is -2.71. The first-order chi connectivity index (χ1) is 13.4. The summed E-state index contributed by atoms with van der Waals surface area (Å²) < 4.78 is 25.5. The van der Waals surface area contributed by atoms with E-state index in [1.165, 1.54) is 0 Å². The molecule has 1 aromatic carbocycles. The van der Waals surface area contributed by atoms with Gasteiger partial charge in [0.05, 0.1) is 23.2 Å². The zero-order chi connectivity index (χ0) is 19.7. The summed E-state index contributed by atoms with van der Waals surface area (Å²) in [5.41, 5.74) is 1.69. The number of aromatic nitrogens is 3. The fourth-order valence-electron chi connectivity index (χ4n) is 3.20. The summed E-state index contributed by atoms with van der Waals surface area (Å²) in [6, 6.07) is 15.7. The molecule has 1 fully saturated rings. The van der Waals surface area contributed by atoms with Crippen LogP contribution in [0.2, 0.25) is 5.15 Å². The Bertz CT molecular complexity index is 1130. The first kappa shape index (κ1) is 18.6.